The van der Waals surface area contributed by atoms with E-state index in [-0.39, 0.29) is 104 Å². The number of halogens is 1. The van der Waals surface area contributed by atoms with Gasteiger partial charge in [0.25, 0.3) is 10.0 Å². The number of amides is 8. The molecule has 624 valence electrons. The van der Waals surface area contributed by atoms with Crippen LogP contribution in [0, 0.1) is 36.5 Å². The molecule has 18 N–H and O–H groups in total. The molecule has 1 saturated heterocycles. The predicted molar refractivity (Wildman–Crippen MR) is 412 cm³/mol. The van der Waals surface area contributed by atoms with Crippen molar-refractivity contribution in [2.75, 3.05) is 40.9 Å². The first-order valence-corrected chi connectivity index (χ1v) is 40.4. The van der Waals surface area contributed by atoms with E-state index in [1.807, 2.05) is 37.6 Å². The number of carbonyl (C=O) groups is 8. The number of carbonyl (C=O) groups excluding carboxylic acids is 8. The number of likely N-dealkylation sites (N-methyl/N-ethyl adjacent to an activating group) is 2. The van der Waals surface area contributed by atoms with Gasteiger partial charge in [0.05, 0.1) is 29.0 Å². The average molecular weight is 1660 g/mol. The first kappa shape index (κ1) is 83.4. The number of nitrogens with zero attached hydrogens (tertiary/aromatic N) is 1. The van der Waals surface area contributed by atoms with Crippen molar-refractivity contribution in [3.05, 3.63) is 153 Å². The van der Waals surface area contributed by atoms with Crippen molar-refractivity contribution in [2.24, 2.45) is 29.6 Å². The second-order valence-electron chi connectivity index (χ2n) is 32.1. The first-order chi connectivity index (χ1) is 55.6. The van der Waals surface area contributed by atoms with Crippen LogP contribution in [0.1, 0.15) is 134 Å². The fourth-order valence-electron chi connectivity index (χ4n) is 17.4. The van der Waals surface area contributed by atoms with Gasteiger partial charge < -0.3 is 117 Å². The zero-order valence-electron chi connectivity index (χ0n) is 64.3. The Balaban J connectivity index is 0.950. The van der Waals surface area contributed by atoms with Crippen LogP contribution in [0.15, 0.2) is 108 Å². The molecule has 6 aromatic carbocycles. The third kappa shape index (κ3) is 16.9. The summed E-state index contributed by atoms with van der Waals surface area (Å²) >= 11 is 7.18. The van der Waals surface area contributed by atoms with Gasteiger partial charge in [-0.15, -0.1) is 0 Å². The van der Waals surface area contributed by atoms with Gasteiger partial charge in [-0.25, -0.2) is 13.1 Å². The van der Waals surface area contributed by atoms with Gasteiger partial charge in [0, 0.05) is 23.7 Å². The highest BCUT2D eigenvalue weighted by Gasteiger charge is 2.52. The number of nitrogens with one attached hydrogen (secondary N) is 9. The van der Waals surface area contributed by atoms with Gasteiger partial charge in [0.1, 0.15) is 102 Å². The van der Waals surface area contributed by atoms with Gasteiger partial charge in [-0.3, -0.25) is 38.4 Å². The summed E-state index contributed by atoms with van der Waals surface area (Å²) in [6, 6.07) is 5.78. The minimum atomic E-state index is -4.89. The lowest BCUT2D eigenvalue weighted by Crippen LogP contribution is -2.60. The maximum absolute atomic E-state index is 16.5. The number of ether oxygens (including phenoxy) is 5. The number of aryl methyl sites for hydroxylation is 1. The lowest BCUT2D eigenvalue weighted by atomic mass is 9.54. The Kier molecular flexibility index (Phi) is 23.8. The topological polar surface area (TPSA) is 510 Å². The van der Waals surface area contributed by atoms with Crippen LogP contribution >= 0.6 is 11.6 Å². The lowest BCUT2D eigenvalue weighted by molar-refractivity contribution is -0.277. The number of hydrogen-bond donors (Lipinski definition) is 18. The van der Waals surface area contributed by atoms with Crippen molar-refractivity contribution in [3.8, 4) is 51.4 Å². The number of hydrogen-bond acceptors (Lipinski definition) is 26. The summed E-state index contributed by atoms with van der Waals surface area (Å²) in [4.78, 5) is 126. The lowest BCUT2D eigenvalue weighted by Gasteiger charge is -2.54. The van der Waals surface area contributed by atoms with Crippen molar-refractivity contribution in [3.63, 3.8) is 0 Å². The number of aliphatic hydroxyl groups is 8. The summed E-state index contributed by atoms with van der Waals surface area (Å²) < 4.78 is 61.7. The molecule has 17 rings (SSSR count). The number of aliphatic hydroxyl groups excluding tert-OH is 6. The van der Waals surface area contributed by atoms with E-state index in [4.69, 9.17) is 35.3 Å². The fourth-order valence-corrected chi connectivity index (χ4v) is 18.6. The molecule has 14 atom stereocenters. The average Bonchev–Trinajstić information content (AvgIpc) is 1.56. The van der Waals surface area contributed by atoms with Gasteiger partial charge in [-0.1, -0.05) is 49.7 Å². The van der Waals surface area contributed by atoms with Crippen LogP contribution in [0.25, 0.3) is 11.1 Å². The first-order valence-electron chi connectivity index (χ1n) is 38.5. The normalized spacial score (nSPS) is 28.6. The van der Waals surface area contributed by atoms with Crippen LogP contribution in [0.4, 0.5) is 0 Å². The molecule has 36 heteroatoms. The summed E-state index contributed by atoms with van der Waals surface area (Å²) in [5, 5.41) is 127. The number of rotatable bonds is 18. The van der Waals surface area contributed by atoms with Crippen LogP contribution in [0.2, 0.25) is 5.02 Å². The number of sulfonamides is 1. The van der Waals surface area contributed by atoms with Crippen LogP contribution in [-0.4, -0.2) is 208 Å². The fraction of sp³-hybridized carbons (Fsp3) is 0.457. The Bertz CT molecular complexity index is 5010. The molecule has 34 nitrogen and oxygen atoms in total. The summed E-state index contributed by atoms with van der Waals surface area (Å²) in [5.41, 5.74) is -1.94. The summed E-state index contributed by atoms with van der Waals surface area (Å²) in [6.07, 6.45) is -10.8. The maximum atomic E-state index is 16.5. The maximum Gasteiger partial charge on any atom is 0.264 e. The van der Waals surface area contributed by atoms with Gasteiger partial charge >= 0.3 is 0 Å². The highest BCUT2D eigenvalue weighted by Crippen LogP contribution is 2.56. The highest BCUT2D eigenvalue weighted by atomic mass is 35.5. The van der Waals surface area contributed by atoms with E-state index in [2.05, 4.69) is 42.5 Å². The number of benzene rings is 6. The standard InChI is InChI=1S/C81H93ClN10O24S/c1-34(2)19-52(83-4)73(101)89-65-67(96)39-8-15-54(35(3)20-39)113-56-28-43-29-57(72(56)116-80-71(100)70(99)69(98)58(33-93)115-80)114-55-16-9-40(27-51(55)82)68(97)66-79(107)88-64(77(105)85-61-41-22-36-21-37(24-41)25-42(61)23-36)48-30-44(94)31-50-60(48)47-26-38(7-14-49(47)81(50,108)109)62(75(103)90-66)87-76(104)63(43)86-74(102)53(84-78(65)106)32-59(95)91-117(110,111)46-12-10-45(11-13-46)112-18-17-92(5)6/h7-16,20,26-31,34,36-37,41-42,52-53,58,61-71,80,83,93-94,96-100,108-109H,17-19,21-25,32-33H2,1-6H3,(H,84,106)(H,85,105)(H,86,102)(H,87,104)(H,88,107)(H,89,101)(H,90,103)(H,91,95)/t36?,37?,41?,42?,52-,53+,58-,61?,62-,63-,64+,65-,66+,67-,68-,69-,70+,71-,80+/m1/s1. The zero-order chi connectivity index (χ0) is 83.7. The zero-order valence-corrected chi connectivity index (χ0v) is 65.9. The summed E-state index contributed by atoms with van der Waals surface area (Å²) in [6.45, 7) is 4.89. The number of aromatic hydroxyl groups is 1. The summed E-state index contributed by atoms with van der Waals surface area (Å²) in [7, 11) is 0.224. The molecule has 6 aromatic rings. The molecule has 11 aliphatic rings. The Morgan fingerprint density at radius 1 is 0.675 bits per heavy atom. The molecule has 5 aliphatic carbocycles. The van der Waals surface area contributed by atoms with Crippen LogP contribution in [0.5, 0.6) is 40.2 Å². The smallest absolute Gasteiger partial charge is 0.264 e. The molecule has 15 bridgehead atoms. The van der Waals surface area contributed by atoms with E-state index in [1.54, 1.807) is 0 Å². The Morgan fingerprint density at radius 2 is 1.31 bits per heavy atom. The molecule has 6 aliphatic heterocycles. The molecule has 8 amide bonds. The second kappa shape index (κ2) is 33.3. The van der Waals surface area contributed by atoms with E-state index >= 15 is 28.8 Å². The predicted octanol–water partition coefficient (Wildman–Crippen LogP) is 1.43. The molecule has 6 heterocycles. The van der Waals surface area contributed by atoms with Crippen molar-refractivity contribution in [1.82, 2.24) is 52.2 Å². The Hall–Kier alpha value is -10.1. The second-order valence-corrected chi connectivity index (χ2v) is 34.1. The largest absolute Gasteiger partial charge is 0.508 e. The highest BCUT2D eigenvalue weighted by molar-refractivity contribution is 7.90. The van der Waals surface area contributed by atoms with Crippen LogP contribution < -0.4 is 66.2 Å². The number of phenols is 1. The van der Waals surface area contributed by atoms with Gasteiger partial charge in [-0.05, 0) is 220 Å². The quantitative estimate of drug-likeness (QED) is 0.0541. The van der Waals surface area contributed by atoms with E-state index < -0.39 is 200 Å². The van der Waals surface area contributed by atoms with Crippen LogP contribution in [-0.2, 0) is 58.9 Å². The molecule has 0 spiro atoms. The van der Waals surface area contributed by atoms with Crippen molar-refractivity contribution in [1.29, 1.82) is 0 Å². The minimum Gasteiger partial charge on any atom is -0.508 e. The molecule has 117 heavy (non-hydrogen) atoms. The Morgan fingerprint density at radius 3 is 1.95 bits per heavy atom. The third-order valence-corrected chi connectivity index (χ3v) is 24.8. The van der Waals surface area contributed by atoms with Crippen molar-refractivity contribution in [2.45, 2.75) is 168 Å². The van der Waals surface area contributed by atoms with E-state index in [0.717, 1.165) is 74.6 Å². The van der Waals surface area contributed by atoms with Crippen LogP contribution in [0.3, 0.4) is 0 Å². The molecular weight excluding hydrogens is 1560 g/mol. The van der Waals surface area contributed by atoms with Crippen molar-refractivity contribution >= 4 is 68.9 Å². The van der Waals surface area contributed by atoms with E-state index in [1.165, 1.54) is 74.6 Å². The molecule has 0 aromatic heterocycles. The minimum absolute atomic E-state index is 0.0734. The third-order valence-electron chi connectivity index (χ3n) is 23.2. The Labute approximate surface area is 676 Å². The van der Waals surface area contributed by atoms with Gasteiger partial charge in [-0.2, -0.15) is 0 Å². The van der Waals surface area contributed by atoms with Crippen molar-refractivity contribution < 1.29 is 116 Å². The van der Waals surface area contributed by atoms with E-state index in [9.17, 15) is 64.0 Å². The van der Waals surface area contributed by atoms with Gasteiger partial charge in [0.15, 0.2) is 11.5 Å². The summed E-state index contributed by atoms with van der Waals surface area (Å²) in [5.74, 6) is -14.7. The SMILES string of the molecule is CN[C@H](CC(C)C)C(=O)N[C@H]1C(=O)N[C@@H](CC(=O)NS(=O)(=O)c2ccc(OCCN(C)C)cc2)C(=O)N[C@H]2C(=O)N[C@H]3C(=O)N[C@H](C(=O)N[C@H](C(=O)NC4C5CC6CC(C5)CC4C6)c4cc(O)cc5c4-c4cc3ccc4C5(O)O)[C@H](O)c3ccc(c(Cl)c3)Oc3cc2cc(c3O[C@@H]2O[C@H](CO)[C@@H](O)[C@H](O)[C@H]2O)Oc2ccc(cc2C)[C@H]1O. The number of phenolic OH excluding ortho intramolecular Hbond substituents is 1. The molecule has 5 fully saturated rings. The molecule has 0 radical (unpaired) electrons. The van der Waals surface area contributed by atoms with Gasteiger partial charge in [0.2, 0.25) is 65.1 Å². The van der Waals surface area contributed by atoms with E-state index in [0.29, 0.717) is 18.4 Å². The molecular formula is C81H93ClN10O24S. The molecule has 0 unspecified atom stereocenters. The molecule has 4 saturated carbocycles. The monoisotopic (exact) mass is 1660 g/mol. The number of fused-ring (bicyclic) bond motifs is 12.